The van der Waals surface area contributed by atoms with Gasteiger partial charge in [-0.2, -0.15) is 0 Å². The first kappa shape index (κ1) is 9.95. The van der Waals surface area contributed by atoms with Crippen molar-refractivity contribution in [1.82, 2.24) is 5.32 Å². The van der Waals surface area contributed by atoms with E-state index in [0.29, 0.717) is 0 Å². The summed E-state index contributed by atoms with van der Waals surface area (Å²) in [6.07, 6.45) is 6.47. The van der Waals surface area contributed by atoms with E-state index in [0.717, 1.165) is 12.1 Å². The number of hydrogen-bond acceptors (Lipinski definition) is 2. The molecule has 0 aromatic heterocycles. The van der Waals surface area contributed by atoms with E-state index in [1.165, 1.54) is 6.92 Å². The summed E-state index contributed by atoms with van der Waals surface area (Å²) in [5, 5.41) is 2.92. The maximum Gasteiger partial charge on any atom is 0.154 e. The molecule has 0 bridgehead atoms. The predicted octanol–water partition coefficient (Wildman–Crippen LogP) is 1.64. The lowest BCUT2D eigenvalue weighted by atomic mass is 10.3. The summed E-state index contributed by atoms with van der Waals surface area (Å²) >= 11 is 0. The van der Waals surface area contributed by atoms with Crippen molar-refractivity contribution in [2.45, 2.75) is 20.3 Å². The smallest absolute Gasteiger partial charge is 0.154 e. The first-order chi connectivity index (χ1) is 5.20. The zero-order chi connectivity index (χ0) is 8.69. The summed E-state index contributed by atoms with van der Waals surface area (Å²) in [5.74, 6) is 0.0649. The molecule has 0 aliphatic heterocycles. The molecule has 0 saturated carbocycles. The molecule has 0 aliphatic rings. The maximum absolute atomic E-state index is 10.6. The molecule has 0 fully saturated rings. The summed E-state index contributed by atoms with van der Waals surface area (Å²) in [5.41, 5.74) is 0.861. The lowest BCUT2D eigenvalue weighted by Crippen LogP contribution is -2.04. The van der Waals surface area contributed by atoms with Crippen LogP contribution in [0, 0.1) is 0 Å². The molecular formula is C9H15NO. The zero-order valence-corrected chi connectivity index (χ0v) is 7.35. The van der Waals surface area contributed by atoms with Crippen LogP contribution in [0.3, 0.4) is 0 Å². The number of carbonyl (C=O) groups excluding carboxylic acids is 1. The lowest BCUT2D eigenvalue weighted by molar-refractivity contribution is -0.112. The van der Waals surface area contributed by atoms with Gasteiger partial charge in [0, 0.05) is 18.8 Å². The van der Waals surface area contributed by atoms with Crippen molar-refractivity contribution in [1.29, 1.82) is 0 Å². The summed E-state index contributed by atoms with van der Waals surface area (Å²) in [6, 6.07) is 0. The molecule has 0 aromatic rings. The fraction of sp³-hybridized carbons (Fsp3) is 0.444. The van der Waals surface area contributed by atoms with Crippen LogP contribution in [-0.2, 0) is 4.79 Å². The van der Waals surface area contributed by atoms with Crippen LogP contribution >= 0.6 is 0 Å². The molecule has 1 N–H and O–H groups in total. The number of ketones is 1. The van der Waals surface area contributed by atoms with Gasteiger partial charge >= 0.3 is 0 Å². The number of nitrogens with one attached hydrogen (secondary N) is 1. The van der Waals surface area contributed by atoms with Gasteiger partial charge in [0.05, 0.1) is 0 Å². The normalized spacial score (nSPS) is 12.1. The highest BCUT2D eigenvalue weighted by molar-refractivity contribution is 5.88. The van der Waals surface area contributed by atoms with Gasteiger partial charge in [-0.3, -0.25) is 4.79 Å². The highest BCUT2D eigenvalue weighted by Crippen LogP contribution is 1.92. The van der Waals surface area contributed by atoms with Crippen molar-refractivity contribution < 1.29 is 4.79 Å². The van der Waals surface area contributed by atoms with E-state index in [9.17, 15) is 4.79 Å². The molecule has 0 aromatic carbocycles. The predicted molar refractivity (Wildman–Crippen MR) is 47.3 cm³/mol. The molecule has 0 atom stereocenters. The average Bonchev–Trinajstić information content (AvgIpc) is 1.97. The average molecular weight is 153 g/mol. The zero-order valence-electron chi connectivity index (χ0n) is 7.35. The highest BCUT2D eigenvalue weighted by atomic mass is 16.1. The fourth-order valence-electron chi connectivity index (χ4n) is 0.667. The van der Waals surface area contributed by atoms with E-state index >= 15 is 0 Å². The van der Waals surface area contributed by atoms with Crippen molar-refractivity contribution >= 4 is 5.78 Å². The Hall–Kier alpha value is -1.05. The van der Waals surface area contributed by atoms with Crippen molar-refractivity contribution in [2.24, 2.45) is 0 Å². The number of carbonyl (C=O) groups is 1. The van der Waals surface area contributed by atoms with Crippen molar-refractivity contribution in [3.63, 3.8) is 0 Å². The summed E-state index contributed by atoms with van der Waals surface area (Å²) in [6.45, 7) is 3.59. The summed E-state index contributed by atoms with van der Waals surface area (Å²) < 4.78 is 0. The standard InChI is InChI=1S/C9H15NO/c1-4-5-6-9(10-3)7-8(2)11/h5-7,10H,4H2,1-3H3/b6-5-,9-7-. The Morgan fingerprint density at radius 2 is 2.18 bits per heavy atom. The molecule has 0 spiro atoms. The number of rotatable bonds is 4. The first-order valence-electron chi connectivity index (χ1n) is 3.77. The minimum atomic E-state index is 0.0649. The second kappa shape index (κ2) is 5.71. The van der Waals surface area contributed by atoms with E-state index in [1.807, 2.05) is 12.2 Å². The van der Waals surface area contributed by atoms with Gasteiger partial charge in [0.15, 0.2) is 5.78 Å². The molecule has 0 rings (SSSR count). The Morgan fingerprint density at radius 1 is 1.55 bits per heavy atom. The van der Waals surface area contributed by atoms with E-state index < -0.39 is 0 Å². The van der Waals surface area contributed by atoms with Gasteiger partial charge in [-0.15, -0.1) is 0 Å². The Morgan fingerprint density at radius 3 is 2.55 bits per heavy atom. The van der Waals surface area contributed by atoms with Gasteiger partial charge < -0.3 is 5.32 Å². The maximum atomic E-state index is 10.6. The highest BCUT2D eigenvalue weighted by Gasteiger charge is 1.88. The fourth-order valence-corrected chi connectivity index (χ4v) is 0.667. The third-order valence-electron chi connectivity index (χ3n) is 1.18. The molecule has 0 heterocycles. The number of allylic oxidation sites excluding steroid dienone is 3. The van der Waals surface area contributed by atoms with Crippen LogP contribution in [0.2, 0.25) is 0 Å². The van der Waals surface area contributed by atoms with Crippen LogP contribution < -0.4 is 5.32 Å². The number of hydrogen-bond donors (Lipinski definition) is 1. The van der Waals surface area contributed by atoms with Crippen molar-refractivity contribution in [2.75, 3.05) is 7.05 Å². The van der Waals surface area contributed by atoms with Crippen LogP contribution in [-0.4, -0.2) is 12.8 Å². The van der Waals surface area contributed by atoms with E-state index in [4.69, 9.17) is 0 Å². The quantitative estimate of drug-likeness (QED) is 0.491. The Kier molecular flexibility index (Phi) is 5.17. The topological polar surface area (TPSA) is 29.1 Å². The summed E-state index contributed by atoms with van der Waals surface area (Å²) in [4.78, 5) is 10.6. The van der Waals surface area contributed by atoms with Gasteiger partial charge in [-0.1, -0.05) is 13.0 Å². The van der Waals surface area contributed by atoms with E-state index in [2.05, 4.69) is 12.2 Å². The molecule has 0 radical (unpaired) electrons. The second-order valence-corrected chi connectivity index (χ2v) is 2.27. The van der Waals surface area contributed by atoms with Gasteiger partial charge in [-0.05, 0) is 19.4 Å². The molecule has 11 heavy (non-hydrogen) atoms. The van der Waals surface area contributed by atoms with Crippen LogP contribution in [0.25, 0.3) is 0 Å². The van der Waals surface area contributed by atoms with Gasteiger partial charge in [0.25, 0.3) is 0 Å². The van der Waals surface area contributed by atoms with Crippen molar-refractivity contribution in [3.8, 4) is 0 Å². The van der Waals surface area contributed by atoms with Crippen LogP contribution in [0.15, 0.2) is 23.9 Å². The Labute approximate surface area is 68.0 Å². The minimum absolute atomic E-state index is 0.0649. The Balaban J connectivity index is 4.16. The molecule has 0 amide bonds. The molecule has 0 saturated heterocycles. The molecular weight excluding hydrogens is 138 g/mol. The second-order valence-electron chi connectivity index (χ2n) is 2.27. The minimum Gasteiger partial charge on any atom is -0.388 e. The molecule has 2 nitrogen and oxygen atoms in total. The first-order valence-corrected chi connectivity index (χ1v) is 3.77. The SMILES string of the molecule is CC/C=C\C(=C\C(C)=O)NC. The monoisotopic (exact) mass is 153 g/mol. The van der Waals surface area contributed by atoms with Crippen molar-refractivity contribution in [3.05, 3.63) is 23.9 Å². The van der Waals surface area contributed by atoms with Crippen LogP contribution in [0.1, 0.15) is 20.3 Å². The van der Waals surface area contributed by atoms with Crippen LogP contribution in [0.4, 0.5) is 0 Å². The molecule has 0 unspecified atom stereocenters. The largest absolute Gasteiger partial charge is 0.388 e. The molecule has 0 aliphatic carbocycles. The third kappa shape index (κ3) is 5.40. The molecule has 62 valence electrons. The number of likely N-dealkylation sites (N-methyl/N-ethyl adjacent to an activating group) is 1. The lowest BCUT2D eigenvalue weighted by Gasteiger charge is -1.97. The van der Waals surface area contributed by atoms with Gasteiger partial charge in [0.2, 0.25) is 0 Å². The van der Waals surface area contributed by atoms with E-state index in [1.54, 1.807) is 13.1 Å². The third-order valence-corrected chi connectivity index (χ3v) is 1.18. The summed E-state index contributed by atoms with van der Waals surface area (Å²) in [7, 11) is 1.80. The molecule has 2 heteroatoms. The van der Waals surface area contributed by atoms with Crippen LogP contribution in [0.5, 0.6) is 0 Å². The van der Waals surface area contributed by atoms with E-state index in [-0.39, 0.29) is 5.78 Å². The van der Waals surface area contributed by atoms with Gasteiger partial charge in [0.1, 0.15) is 0 Å². The van der Waals surface area contributed by atoms with Gasteiger partial charge in [-0.25, -0.2) is 0 Å². The Bertz CT molecular complexity index is 180.